The summed E-state index contributed by atoms with van der Waals surface area (Å²) in [6.07, 6.45) is -3.57. The highest BCUT2D eigenvalue weighted by atomic mass is 19.4. The van der Waals surface area contributed by atoms with Crippen molar-refractivity contribution in [1.29, 1.82) is 0 Å². The lowest BCUT2D eigenvalue weighted by atomic mass is 9.97. The summed E-state index contributed by atoms with van der Waals surface area (Å²) in [7, 11) is 0. The Morgan fingerprint density at radius 1 is 1.33 bits per heavy atom. The van der Waals surface area contributed by atoms with Gasteiger partial charge in [0.2, 0.25) is 0 Å². The predicted octanol–water partition coefficient (Wildman–Crippen LogP) is 2.88. The molecule has 21 heavy (non-hydrogen) atoms. The van der Waals surface area contributed by atoms with Crippen LogP contribution in [0.1, 0.15) is 18.4 Å². The molecule has 0 atom stereocenters. The third-order valence-corrected chi connectivity index (χ3v) is 3.48. The van der Waals surface area contributed by atoms with E-state index in [9.17, 15) is 18.0 Å². The fourth-order valence-corrected chi connectivity index (χ4v) is 2.44. The Balaban J connectivity index is 1.92. The van der Waals surface area contributed by atoms with Crippen molar-refractivity contribution in [2.45, 2.75) is 25.7 Å². The average Bonchev–Trinajstić information content (AvgIpc) is 2.37. The molecule has 1 aromatic carbocycles. The number of hydrogen-bond acceptors (Lipinski definition) is 3. The minimum Gasteiger partial charge on any atom is -0.481 e. The third kappa shape index (κ3) is 4.93. The second-order valence-corrected chi connectivity index (χ2v) is 5.08. The molecule has 116 valence electrons. The second-order valence-electron chi connectivity index (χ2n) is 5.08. The number of hydrogen-bond donors (Lipinski definition) is 1. The van der Waals surface area contributed by atoms with E-state index >= 15 is 0 Å². The molecule has 1 saturated heterocycles. The lowest BCUT2D eigenvalue weighted by Gasteiger charge is -2.30. The molecule has 1 heterocycles. The number of rotatable bonds is 4. The molecule has 1 aromatic rings. The van der Waals surface area contributed by atoms with Gasteiger partial charge >= 0.3 is 12.3 Å². The van der Waals surface area contributed by atoms with Crippen molar-refractivity contribution in [2.75, 3.05) is 13.1 Å². The van der Waals surface area contributed by atoms with E-state index in [1.807, 2.05) is 4.90 Å². The molecule has 0 radical (unpaired) electrons. The van der Waals surface area contributed by atoms with Crippen LogP contribution in [0.4, 0.5) is 13.2 Å². The number of halogens is 3. The molecule has 0 aliphatic carbocycles. The van der Waals surface area contributed by atoms with Gasteiger partial charge in [-0.2, -0.15) is 0 Å². The first-order valence-electron chi connectivity index (χ1n) is 6.63. The van der Waals surface area contributed by atoms with Crippen LogP contribution >= 0.6 is 0 Å². The predicted molar refractivity (Wildman–Crippen MR) is 68.8 cm³/mol. The van der Waals surface area contributed by atoms with Crippen LogP contribution in [0.25, 0.3) is 0 Å². The molecule has 1 N–H and O–H groups in total. The van der Waals surface area contributed by atoms with Gasteiger partial charge < -0.3 is 9.84 Å². The van der Waals surface area contributed by atoms with Gasteiger partial charge in [-0.1, -0.05) is 12.1 Å². The number of nitrogens with zero attached hydrogens (tertiary/aromatic N) is 1. The molecule has 7 heteroatoms. The molecule has 0 unspecified atom stereocenters. The van der Waals surface area contributed by atoms with Crippen molar-refractivity contribution in [3.8, 4) is 5.75 Å². The van der Waals surface area contributed by atoms with Gasteiger partial charge in [0.25, 0.3) is 0 Å². The summed E-state index contributed by atoms with van der Waals surface area (Å²) in [5.41, 5.74) is 0.713. The van der Waals surface area contributed by atoms with Gasteiger partial charge in [-0.15, -0.1) is 13.2 Å². The van der Waals surface area contributed by atoms with E-state index in [0.29, 0.717) is 38.0 Å². The van der Waals surface area contributed by atoms with Crippen LogP contribution in [-0.2, 0) is 11.3 Å². The number of ether oxygens (including phenoxy) is 1. The Kier molecular flexibility index (Phi) is 4.72. The molecular formula is C14H16F3NO3. The molecule has 0 bridgehead atoms. The number of benzene rings is 1. The van der Waals surface area contributed by atoms with E-state index in [-0.39, 0.29) is 11.7 Å². The monoisotopic (exact) mass is 303 g/mol. The number of alkyl halides is 3. The lowest BCUT2D eigenvalue weighted by Crippen LogP contribution is -2.35. The summed E-state index contributed by atoms with van der Waals surface area (Å²) in [6, 6.07) is 5.86. The number of aliphatic carboxylic acids is 1. The molecule has 0 spiro atoms. The van der Waals surface area contributed by atoms with Gasteiger partial charge in [0.05, 0.1) is 5.92 Å². The molecule has 0 saturated carbocycles. The van der Waals surface area contributed by atoms with Gasteiger partial charge in [-0.05, 0) is 43.6 Å². The van der Waals surface area contributed by atoms with Gasteiger partial charge in [0.1, 0.15) is 5.75 Å². The number of carboxylic acids is 1. The topological polar surface area (TPSA) is 49.8 Å². The zero-order valence-electron chi connectivity index (χ0n) is 11.3. The fourth-order valence-electron chi connectivity index (χ4n) is 2.44. The van der Waals surface area contributed by atoms with Crippen molar-refractivity contribution in [2.24, 2.45) is 5.92 Å². The molecule has 2 rings (SSSR count). The summed E-state index contributed by atoms with van der Waals surface area (Å²) in [4.78, 5) is 12.9. The first-order valence-corrected chi connectivity index (χ1v) is 6.63. The van der Waals surface area contributed by atoms with E-state index in [4.69, 9.17) is 5.11 Å². The molecular weight excluding hydrogens is 287 g/mol. The van der Waals surface area contributed by atoms with Crippen molar-refractivity contribution in [3.63, 3.8) is 0 Å². The quantitative estimate of drug-likeness (QED) is 0.929. The minimum absolute atomic E-state index is 0.236. The molecule has 1 aliphatic rings. The summed E-state index contributed by atoms with van der Waals surface area (Å²) < 4.78 is 40.4. The summed E-state index contributed by atoms with van der Waals surface area (Å²) in [6.45, 7) is 1.74. The summed E-state index contributed by atoms with van der Waals surface area (Å²) >= 11 is 0. The third-order valence-electron chi connectivity index (χ3n) is 3.48. The van der Waals surface area contributed by atoms with Crippen LogP contribution in [0.15, 0.2) is 24.3 Å². The fraction of sp³-hybridized carbons (Fsp3) is 0.500. The SMILES string of the molecule is O=C(O)C1CCN(Cc2cccc(OC(F)(F)F)c2)CC1. The Morgan fingerprint density at radius 2 is 2.00 bits per heavy atom. The van der Waals surface area contributed by atoms with Gasteiger partial charge in [0, 0.05) is 6.54 Å². The van der Waals surface area contributed by atoms with E-state index < -0.39 is 12.3 Å². The Labute approximate surface area is 120 Å². The van der Waals surface area contributed by atoms with Crippen molar-refractivity contribution >= 4 is 5.97 Å². The highest BCUT2D eigenvalue weighted by Gasteiger charge is 2.31. The van der Waals surface area contributed by atoms with Crippen LogP contribution in [0.5, 0.6) is 5.75 Å². The second kappa shape index (κ2) is 6.34. The maximum absolute atomic E-state index is 12.2. The van der Waals surface area contributed by atoms with E-state index in [0.717, 1.165) is 0 Å². The maximum Gasteiger partial charge on any atom is 0.573 e. The Morgan fingerprint density at radius 3 is 2.57 bits per heavy atom. The first kappa shape index (κ1) is 15.6. The van der Waals surface area contributed by atoms with Gasteiger partial charge in [0.15, 0.2) is 0 Å². The largest absolute Gasteiger partial charge is 0.573 e. The smallest absolute Gasteiger partial charge is 0.481 e. The number of carbonyl (C=O) groups is 1. The zero-order valence-corrected chi connectivity index (χ0v) is 11.3. The maximum atomic E-state index is 12.2. The molecule has 1 aliphatic heterocycles. The normalized spacial score (nSPS) is 17.7. The van der Waals surface area contributed by atoms with Crippen LogP contribution in [-0.4, -0.2) is 35.4 Å². The Hall–Kier alpha value is -1.76. The van der Waals surface area contributed by atoms with Crippen molar-refractivity contribution in [3.05, 3.63) is 29.8 Å². The van der Waals surface area contributed by atoms with Gasteiger partial charge in [-0.3, -0.25) is 9.69 Å². The summed E-state index contributed by atoms with van der Waals surface area (Å²) in [5.74, 6) is -1.34. The van der Waals surface area contributed by atoms with Crippen LogP contribution in [0.3, 0.4) is 0 Å². The van der Waals surface area contributed by atoms with Crippen molar-refractivity contribution < 1.29 is 27.8 Å². The zero-order chi connectivity index (χ0) is 15.5. The van der Waals surface area contributed by atoms with E-state index in [1.54, 1.807) is 6.07 Å². The van der Waals surface area contributed by atoms with Crippen LogP contribution < -0.4 is 4.74 Å². The highest BCUT2D eigenvalue weighted by molar-refractivity contribution is 5.70. The Bertz CT molecular complexity index is 496. The molecule has 0 amide bonds. The average molecular weight is 303 g/mol. The number of likely N-dealkylation sites (tertiary alicyclic amines) is 1. The number of piperidine rings is 1. The van der Waals surface area contributed by atoms with E-state index in [2.05, 4.69) is 4.74 Å². The van der Waals surface area contributed by atoms with E-state index in [1.165, 1.54) is 18.2 Å². The molecule has 1 fully saturated rings. The molecule has 4 nitrogen and oxygen atoms in total. The molecule has 0 aromatic heterocycles. The lowest BCUT2D eigenvalue weighted by molar-refractivity contribution is -0.274. The number of carboxylic acid groups (broad SMARTS) is 1. The highest BCUT2D eigenvalue weighted by Crippen LogP contribution is 2.25. The van der Waals surface area contributed by atoms with Crippen molar-refractivity contribution in [1.82, 2.24) is 4.90 Å². The first-order chi connectivity index (χ1) is 9.83. The van der Waals surface area contributed by atoms with Crippen LogP contribution in [0, 0.1) is 5.92 Å². The minimum atomic E-state index is -4.70. The van der Waals surface area contributed by atoms with Gasteiger partial charge in [-0.25, -0.2) is 0 Å². The summed E-state index contributed by atoms with van der Waals surface area (Å²) in [5, 5.41) is 8.92. The van der Waals surface area contributed by atoms with Crippen LogP contribution in [0.2, 0.25) is 0 Å². The standard InChI is InChI=1S/C14H16F3NO3/c15-14(16,17)21-12-3-1-2-10(8-12)9-18-6-4-11(5-7-18)13(19)20/h1-3,8,11H,4-7,9H2,(H,19,20).